The second kappa shape index (κ2) is 7.85. The van der Waals surface area contributed by atoms with Gasteiger partial charge >= 0.3 is 6.03 Å². The lowest BCUT2D eigenvalue weighted by Crippen LogP contribution is -2.41. The van der Waals surface area contributed by atoms with E-state index in [0.717, 1.165) is 0 Å². The molecular weight excluding hydrogens is 406 g/mol. The molecule has 0 saturated heterocycles. The normalized spacial score (nSPS) is 12.7. The fraction of sp³-hybridized carbons (Fsp3) is 0.150. The summed E-state index contributed by atoms with van der Waals surface area (Å²) in [5.74, 6) is -0.636. The van der Waals surface area contributed by atoms with Crippen molar-refractivity contribution < 1.29 is 9.59 Å². The summed E-state index contributed by atoms with van der Waals surface area (Å²) in [6.07, 6.45) is 3.05. The quantitative estimate of drug-likeness (QED) is 0.632. The SMILES string of the molecule is [C-]#[N+]c1ccc(NC(=O)N2CCn3nc(-c4cncc(Cl)c4)c(C(N)=O)c3C2)cc1. The standard InChI is InChI=1S/C20H16ClN7O2/c1-23-14-2-4-15(5-3-14)25-20(30)27-6-7-28-16(11-27)17(19(22)29)18(26-28)12-8-13(21)10-24-9-12/h2-5,8-10H,6-7,11H2,(H2,22,29)(H,25,30). The summed E-state index contributed by atoms with van der Waals surface area (Å²) < 4.78 is 1.69. The zero-order valence-electron chi connectivity index (χ0n) is 15.7. The number of carbonyl (C=O) groups is 2. The van der Waals surface area contributed by atoms with Crippen molar-refractivity contribution in [3.63, 3.8) is 0 Å². The van der Waals surface area contributed by atoms with E-state index in [1.165, 1.54) is 6.20 Å². The van der Waals surface area contributed by atoms with Gasteiger partial charge in [-0.15, -0.1) is 0 Å². The molecule has 0 aliphatic carbocycles. The van der Waals surface area contributed by atoms with Crippen LogP contribution in [0.3, 0.4) is 0 Å². The maximum Gasteiger partial charge on any atom is 0.322 e. The van der Waals surface area contributed by atoms with Gasteiger partial charge in [-0.1, -0.05) is 23.7 Å². The van der Waals surface area contributed by atoms with E-state index in [2.05, 4.69) is 20.2 Å². The number of urea groups is 1. The summed E-state index contributed by atoms with van der Waals surface area (Å²) in [4.78, 5) is 33.9. The van der Waals surface area contributed by atoms with Crippen molar-refractivity contribution in [2.24, 2.45) is 5.73 Å². The van der Waals surface area contributed by atoms with Gasteiger partial charge in [-0.3, -0.25) is 14.5 Å². The summed E-state index contributed by atoms with van der Waals surface area (Å²) in [5, 5.41) is 7.73. The molecule has 9 nitrogen and oxygen atoms in total. The Balaban J connectivity index is 1.60. The average Bonchev–Trinajstić information content (AvgIpc) is 3.13. The zero-order valence-corrected chi connectivity index (χ0v) is 16.4. The van der Waals surface area contributed by atoms with Crippen LogP contribution < -0.4 is 11.1 Å². The average molecular weight is 422 g/mol. The Morgan fingerprint density at radius 3 is 2.63 bits per heavy atom. The van der Waals surface area contributed by atoms with Gasteiger partial charge in [0.1, 0.15) is 5.69 Å². The van der Waals surface area contributed by atoms with Crippen molar-refractivity contribution in [2.75, 3.05) is 11.9 Å². The molecule has 0 unspecified atom stereocenters. The molecule has 1 aliphatic rings. The van der Waals surface area contributed by atoms with Crippen molar-refractivity contribution in [3.05, 3.63) is 70.4 Å². The number of amides is 3. The van der Waals surface area contributed by atoms with Crippen LogP contribution in [0.2, 0.25) is 5.02 Å². The first kappa shape index (κ1) is 19.4. The molecule has 1 aromatic carbocycles. The molecule has 3 heterocycles. The zero-order chi connectivity index (χ0) is 21.3. The van der Waals surface area contributed by atoms with E-state index in [-0.39, 0.29) is 18.1 Å². The van der Waals surface area contributed by atoms with Gasteiger partial charge in [-0.25, -0.2) is 9.64 Å². The number of primary amides is 1. The molecule has 4 rings (SSSR count). The molecule has 0 bridgehead atoms. The van der Waals surface area contributed by atoms with E-state index in [1.54, 1.807) is 46.1 Å². The first-order chi connectivity index (χ1) is 14.5. The van der Waals surface area contributed by atoms with Crippen molar-refractivity contribution in [1.82, 2.24) is 19.7 Å². The van der Waals surface area contributed by atoms with E-state index >= 15 is 0 Å². The van der Waals surface area contributed by atoms with Crippen molar-refractivity contribution in [3.8, 4) is 11.3 Å². The number of anilines is 1. The topological polar surface area (TPSA) is 110 Å². The van der Waals surface area contributed by atoms with Crippen LogP contribution in [0.1, 0.15) is 16.1 Å². The van der Waals surface area contributed by atoms with Gasteiger partial charge in [0.2, 0.25) is 0 Å². The van der Waals surface area contributed by atoms with Gasteiger partial charge in [-0.05, 0) is 18.2 Å². The lowest BCUT2D eigenvalue weighted by molar-refractivity contribution is 0.0997. The number of nitrogens with one attached hydrogen (secondary N) is 1. The van der Waals surface area contributed by atoms with Gasteiger partial charge in [-0.2, -0.15) is 5.10 Å². The van der Waals surface area contributed by atoms with Gasteiger partial charge in [0.15, 0.2) is 5.69 Å². The summed E-state index contributed by atoms with van der Waals surface area (Å²) in [5.41, 5.74) is 8.48. The minimum atomic E-state index is -0.636. The summed E-state index contributed by atoms with van der Waals surface area (Å²) in [6, 6.07) is 7.93. The van der Waals surface area contributed by atoms with Crippen LogP contribution in [0.25, 0.3) is 16.1 Å². The molecule has 0 radical (unpaired) electrons. The van der Waals surface area contributed by atoms with Crippen LogP contribution in [0.4, 0.5) is 16.2 Å². The minimum absolute atomic E-state index is 0.172. The van der Waals surface area contributed by atoms with E-state index in [9.17, 15) is 9.59 Å². The van der Waals surface area contributed by atoms with Crippen LogP contribution in [0.5, 0.6) is 0 Å². The van der Waals surface area contributed by atoms with E-state index in [1.807, 2.05) is 0 Å². The third kappa shape index (κ3) is 3.68. The van der Waals surface area contributed by atoms with Gasteiger partial charge < -0.3 is 16.0 Å². The number of carbonyl (C=O) groups excluding carboxylic acids is 2. The Labute approximate surface area is 176 Å². The Bertz CT molecular complexity index is 1180. The molecule has 1 aliphatic heterocycles. The molecule has 3 amide bonds. The number of halogens is 1. The Kier molecular flexibility index (Phi) is 5.08. The number of benzene rings is 1. The van der Waals surface area contributed by atoms with Gasteiger partial charge in [0, 0.05) is 30.2 Å². The number of aromatic nitrogens is 3. The highest BCUT2D eigenvalue weighted by molar-refractivity contribution is 6.30. The second-order valence-corrected chi connectivity index (χ2v) is 7.10. The smallest absolute Gasteiger partial charge is 0.322 e. The third-order valence-electron chi connectivity index (χ3n) is 4.74. The monoisotopic (exact) mass is 421 g/mol. The first-order valence-electron chi connectivity index (χ1n) is 9.00. The van der Waals surface area contributed by atoms with Crippen LogP contribution in [-0.4, -0.2) is 38.1 Å². The predicted octanol–water partition coefficient (Wildman–Crippen LogP) is 3.30. The van der Waals surface area contributed by atoms with Crippen LogP contribution >= 0.6 is 11.6 Å². The minimum Gasteiger partial charge on any atom is -0.365 e. The molecule has 0 saturated carbocycles. The molecule has 10 heteroatoms. The molecule has 2 aromatic heterocycles. The van der Waals surface area contributed by atoms with Crippen LogP contribution in [0.15, 0.2) is 42.7 Å². The number of pyridine rings is 1. The summed E-state index contributed by atoms with van der Waals surface area (Å²) in [7, 11) is 0. The highest BCUT2D eigenvalue weighted by atomic mass is 35.5. The lowest BCUT2D eigenvalue weighted by Gasteiger charge is -2.28. The van der Waals surface area contributed by atoms with Gasteiger partial charge in [0.25, 0.3) is 5.91 Å². The maximum atomic E-state index is 12.7. The Morgan fingerprint density at radius 2 is 1.97 bits per heavy atom. The largest absolute Gasteiger partial charge is 0.365 e. The number of nitrogens with zero attached hydrogens (tertiary/aromatic N) is 5. The van der Waals surface area contributed by atoms with Crippen molar-refractivity contribution in [1.29, 1.82) is 0 Å². The fourth-order valence-electron chi connectivity index (χ4n) is 3.32. The maximum absolute atomic E-state index is 12.7. The summed E-state index contributed by atoms with van der Waals surface area (Å²) in [6.45, 7) is 7.98. The number of nitrogens with two attached hydrogens (primary N) is 1. The molecule has 0 fully saturated rings. The van der Waals surface area contributed by atoms with E-state index < -0.39 is 5.91 Å². The summed E-state index contributed by atoms with van der Waals surface area (Å²) >= 11 is 6.02. The number of fused-ring (bicyclic) bond motifs is 1. The predicted molar refractivity (Wildman–Crippen MR) is 111 cm³/mol. The molecule has 3 aromatic rings. The Hall–Kier alpha value is -3.90. The van der Waals surface area contributed by atoms with E-state index in [0.29, 0.717) is 46.4 Å². The first-order valence-corrected chi connectivity index (χ1v) is 9.38. The van der Waals surface area contributed by atoms with Crippen molar-refractivity contribution >= 4 is 34.9 Å². The third-order valence-corrected chi connectivity index (χ3v) is 4.95. The lowest BCUT2D eigenvalue weighted by atomic mass is 10.1. The highest BCUT2D eigenvalue weighted by Gasteiger charge is 2.29. The molecule has 30 heavy (non-hydrogen) atoms. The Morgan fingerprint density at radius 1 is 1.20 bits per heavy atom. The number of rotatable bonds is 3. The molecule has 150 valence electrons. The van der Waals surface area contributed by atoms with Crippen molar-refractivity contribution in [2.45, 2.75) is 13.1 Å². The second-order valence-electron chi connectivity index (χ2n) is 6.66. The highest BCUT2D eigenvalue weighted by Crippen LogP contribution is 2.29. The molecule has 0 spiro atoms. The fourth-order valence-corrected chi connectivity index (χ4v) is 3.49. The molecule has 0 atom stereocenters. The van der Waals surface area contributed by atoms with Gasteiger partial charge in [0.05, 0.1) is 35.9 Å². The molecule has 3 N–H and O–H groups in total. The van der Waals surface area contributed by atoms with Crippen LogP contribution in [-0.2, 0) is 13.1 Å². The number of hydrogen-bond donors (Lipinski definition) is 2. The van der Waals surface area contributed by atoms with E-state index in [4.69, 9.17) is 23.9 Å². The molecular formula is C20H16ClN7O2. The van der Waals surface area contributed by atoms with Crippen LogP contribution in [0, 0.1) is 6.57 Å². The number of hydrogen-bond acceptors (Lipinski definition) is 4.